The van der Waals surface area contributed by atoms with E-state index in [9.17, 15) is 0 Å². The Morgan fingerprint density at radius 1 is 0.180 bits per heavy atom. The minimum atomic E-state index is -0.547. The summed E-state index contributed by atoms with van der Waals surface area (Å²) < 4.78 is 13.2. The van der Waals surface area contributed by atoms with Crippen LogP contribution in [0.5, 0.6) is 23.0 Å². The highest BCUT2D eigenvalue weighted by Crippen LogP contribution is 2.65. The van der Waals surface area contributed by atoms with Gasteiger partial charge in [0.25, 0.3) is 0 Å². The fraction of sp³-hybridized carbons (Fsp3) is 0.0175. The predicted molar refractivity (Wildman–Crippen MR) is 495 cm³/mol. The van der Waals surface area contributed by atoms with E-state index < -0.39 is 10.8 Å². The van der Waals surface area contributed by atoms with Crippen LogP contribution in [-0.4, -0.2) is 29.9 Å². The number of hydrogen-bond donors (Lipinski definition) is 0. The van der Waals surface area contributed by atoms with Gasteiger partial charge in [0, 0.05) is 93.3 Å². The number of para-hydroxylation sites is 7. The molecule has 0 unspecified atom stereocenters. The number of nitrogens with zero attached hydrogens (tertiary/aromatic N) is 6. The summed E-state index contributed by atoms with van der Waals surface area (Å²) in [6.45, 7) is 0. The first-order valence-corrected chi connectivity index (χ1v) is 41.5. The molecule has 0 atom stereocenters. The molecule has 0 saturated heterocycles. The Hall–Kier alpha value is -16.2. The van der Waals surface area contributed by atoms with Gasteiger partial charge in [-0.25, -0.2) is 29.9 Å². The summed E-state index contributed by atoms with van der Waals surface area (Å²) in [5.74, 6) is 4.29. The van der Waals surface area contributed by atoms with Crippen molar-refractivity contribution in [2.45, 2.75) is 10.8 Å². The Bertz CT molecular complexity index is 8040. The molecular weight excluding hydrogens is 1490 g/mol. The minimum Gasteiger partial charge on any atom is -0.457 e. The van der Waals surface area contributed by atoms with E-state index in [0.717, 1.165) is 189 Å². The molecule has 17 aromatic carbocycles. The number of ether oxygens (including phenoxy) is 2. The lowest BCUT2D eigenvalue weighted by atomic mass is 9.66. The zero-order valence-electron chi connectivity index (χ0n) is 65.8. The Balaban J connectivity index is 0.000000134. The number of hydrogen-bond acceptors (Lipinski definition) is 8. The lowest BCUT2D eigenvalue weighted by Gasteiger charge is -2.39. The first-order valence-electron chi connectivity index (χ1n) is 41.5. The van der Waals surface area contributed by atoms with Crippen molar-refractivity contribution in [2.75, 3.05) is 0 Å². The quantitative estimate of drug-likeness (QED) is 0.146. The predicted octanol–water partition coefficient (Wildman–Crippen LogP) is 28.4. The number of pyridine rings is 4. The number of rotatable bonds is 7. The topological polar surface area (TPSA) is 95.8 Å². The van der Waals surface area contributed by atoms with Gasteiger partial charge in [-0.3, -0.25) is 0 Å². The van der Waals surface area contributed by atoms with Crippen molar-refractivity contribution in [3.8, 4) is 124 Å². The third-order valence-corrected chi connectivity index (χ3v) is 25.7. The van der Waals surface area contributed by atoms with Gasteiger partial charge >= 0.3 is 0 Å². The molecule has 0 bridgehead atoms. The lowest BCUT2D eigenvalue weighted by Crippen LogP contribution is -2.32. The van der Waals surface area contributed by atoms with E-state index in [2.05, 4.69) is 364 Å². The maximum Gasteiger partial charge on any atom is 0.160 e. The zero-order valence-corrected chi connectivity index (χ0v) is 65.8. The molecule has 2 aliphatic heterocycles. The van der Waals surface area contributed by atoms with Gasteiger partial charge in [0.15, 0.2) is 5.82 Å². The third-order valence-electron chi connectivity index (χ3n) is 25.7. The summed E-state index contributed by atoms with van der Waals surface area (Å²) in [4.78, 5) is 31.2. The van der Waals surface area contributed by atoms with Crippen LogP contribution in [-0.2, 0) is 10.8 Å². The number of aromatic nitrogens is 6. The van der Waals surface area contributed by atoms with Crippen LogP contribution in [0.25, 0.3) is 177 Å². The molecule has 4 aliphatic rings. The van der Waals surface area contributed by atoms with Gasteiger partial charge in [0.05, 0.1) is 66.9 Å². The molecule has 26 rings (SSSR count). The van der Waals surface area contributed by atoms with Crippen molar-refractivity contribution < 1.29 is 9.47 Å². The molecule has 566 valence electrons. The maximum atomic E-state index is 6.62. The van der Waals surface area contributed by atoms with E-state index >= 15 is 0 Å². The summed E-state index contributed by atoms with van der Waals surface area (Å²) in [6.07, 6.45) is 0. The standard InChI is InChI=1S/C58H35N3O.C56H33N3O/c1-2-14-40(15-3-1)57-60-52-23-11-6-18-43(52)55(61-57)38-30-26-36(27-31-38)37-28-32-39(33-29-37)56-46-34-45-41-16-4-7-19-47(41)58(50(45)35-44(46)42-17-5-10-22-51(42)59-56)48-20-8-12-24-53(48)62-54-25-13-9-21-49(54)58;1-2-12-34(13-3-1)48-30-28-37-26-27-38-29-31-49(58-55(38)54(37)57-48)35-22-24-36(25-23-35)53-43-32-42-39-14-4-6-16-44(39)56(47(42)33-41(43)40-15-5-9-19-50(40)59-53)45-17-7-10-20-51(45)60-52-21-11-8-18-46(52)56/h1-35H;1-33H. The monoisotopic (exact) mass is 1550 g/mol. The highest BCUT2D eigenvalue weighted by Gasteiger charge is 2.53. The highest BCUT2D eigenvalue weighted by atomic mass is 16.5. The SMILES string of the molecule is c1ccc(-c2ccc3ccc4ccc(-c5ccc(-c6nc7ccccc7c7cc8c(cc67)-c6ccccc6C86c7ccccc7Oc7ccccc76)cc5)nc4c3n2)cc1.c1ccc(-c2nc(-c3ccc(-c4ccc(-c5nc6ccccc6c6cc7c(cc56)-c5ccccc5C75c6ccccc6Oc6ccccc65)cc4)cc3)c3ccccc3n2)cc1. The van der Waals surface area contributed by atoms with Crippen LogP contribution in [0.2, 0.25) is 0 Å². The molecule has 5 aromatic heterocycles. The Morgan fingerprint density at radius 3 is 0.934 bits per heavy atom. The van der Waals surface area contributed by atoms with E-state index in [4.69, 9.17) is 39.4 Å². The van der Waals surface area contributed by atoms with Crippen molar-refractivity contribution in [3.05, 3.63) is 457 Å². The second-order valence-corrected chi connectivity index (χ2v) is 32.1. The van der Waals surface area contributed by atoms with Crippen LogP contribution in [0.1, 0.15) is 44.5 Å². The molecule has 0 N–H and O–H groups in total. The van der Waals surface area contributed by atoms with E-state index in [0.29, 0.717) is 0 Å². The van der Waals surface area contributed by atoms with E-state index in [1.165, 1.54) is 55.3 Å². The van der Waals surface area contributed by atoms with E-state index in [-0.39, 0.29) is 0 Å². The van der Waals surface area contributed by atoms with E-state index in [1.807, 2.05) is 48.5 Å². The van der Waals surface area contributed by atoms with Gasteiger partial charge in [-0.1, -0.05) is 334 Å². The molecule has 2 aliphatic carbocycles. The molecule has 7 heterocycles. The molecule has 22 aromatic rings. The number of fused-ring (bicyclic) bond motifs is 28. The average molecular weight is 1550 g/mol. The fourth-order valence-corrected chi connectivity index (χ4v) is 20.2. The molecule has 2 spiro atoms. The van der Waals surface area contributed by atoms with Crippen molar-refractivity contribution in [2.24, 2.45) is 0 Å². The average Bonchev–Trinajstić information content (AvgIpc) is 1.52. The first kappa shape index (κ1) is 69.0. The fourth-order valence-electron chi connectivity index (χ4n) is 20.2. The summed E-state index contributed by atoms with van der Waals surface area (Å²) in [5, 5.41) is 10.1. The van der Waals surface area contributed by atoms with Gasteiger partial charge in [0.2, 0.25) is 0 Å². The summed E-state index contributed by atoms with van der Waals surface area (Å²) >= 11 is 0. The smallest absolute Gasteiger partial charge is 0.160 e. The molecule has 0 radical (unpaired) electrons. The maximum absolute atomic E-state index is 6.62. The second kappa shape index (κ2) is 27.2. The van der Waals surface area contributed by atoms with Crippen molar-refractivity contribution >= 4 is 76.1 Å². The molecule has 0 amide bonds. The van der Waals surface area contributed by atoms with Crippen molar-refractivity contribution in [1.29, 1.82) is 0 Å². The van der Waals surface area contributed by atoms with Crippen LogP contribution in [0.15, 0.2) is 413 Å². The molecule has 122 heavy (non-hydrogen) atoms. The summed E-state index contributed by atoms with van der Waals surface area (Å²) in [5.41, 5.74) is 31.5. The molecule has 0 fully saturated rings. The zero-order chi connectivity index (χ0) is 80.1. The molecule has 8 heteroatoms. The first-order chi connectivity index (χ1) is 60.4. The third kappa shape index (κ3) is 10.5. The highest BCUT2D eigenvalue weighted by molar-refractivity contribution is 6.16. The van der Waals surface area contributed by atoms with Gasteiger partial charge in [-0.05, 0) is 145 Å². The van der Waals surface area contributed by atoms with Gasteiger partial charge in [0.1, 0.15) is 23.0 Å². The Morgan fingerprint density at radius 2 is 0.500 bits per heavy atom. The van der Waals surface area contributed by atoms with Crippen molar-refractivity contribution in [1.82, 2.24) is 29.9 Å². The van der Waals surface area contributed by atoms with E-state index in [1.54, 1.807) is 0 Å². The molecule has 0 saturated carbocycles. The Kier molecular flexibility index (Phi) is 15.4. The normalized spacial score (nSPS) is 13.2. The van der Waals surface area contributed by atoms with Crippen LogP contribution in [0, 0.1) is 0 Å². The molecule has 8 nitrogen and oxygen atoms in total. The van der Waals surface area contributed by atoms with Crippen molar-refractivity contribution in [3.63, 3.8) is 0 Å². The van der Waals surface area contributed by atoms with Gasteiger partial charge in [-0.15, -0.1) is 0 Å². The minimum absolute atomic E-state index is 0.544. The Labute approximate surface area is 702 Å². The summed E-state index contributed by atoms with van der Waals surface area (Å²) in [6, 6.07) is 147. The van der Waals surface area contributed by atoms with Crippen LogP contribution in [0.4, 0.5) is 0 Å². The molecular formula is C114H68N6O2. The van der Waals surface area contributed by atoms with Crippen LogP contribution in [0.3, 0.4) is 0 Å². The van der Waals surface area contributed by atoms with Crippen LogP contribution >= 0.6 is 0 Å². The van der Waals surface area contributed by atoms with Gasteiger partial charge in [-0.2, -0.15) is 0 Å². The summed E-state index contributed by atoms with van der Waals surface area (Å²) in [7, 11) is 0. The van der Waals surface area contributed by atoms with Crippen LogP contribution < -0.4 is 9.47 Å². The second-order valence-electron chi connectivity index (χ2n) is 32.1. The largest absolute Gasteiger partial charge is 0.457 e. The number of benzene rings is 17. The lowest BCUT2D eigenvalue weighted by molar-refractivity contribution is 0.436. The van der Waals surface area contributed by atoms with Gasteiger partial charge < -0.3 is 9.47 Å².